The second-order valence-corrected chi connectivity index (χ2v) is 8.24. The van der Waals surface area contributed by atoms with E-state index >= 15 is 0 Å². The fraction of sp³-hybridized carbons (Fsp3) is 0.211. The lowest BCUT2D eigenvalue weighted by Gasteiger charge is -2.18. The van der Waals surface area contributed by atoms with Crippen LogP contribution in [-0.2, 0) is 4.74 Å². The van der Waals surface area contributed by atoms with Gasteiger partial charge in [-0.05, 0) is 39.0 Å². The summed E-state index contributed by atoms with van der Waals surface area (Å²) in [5, 5.41) is 12.8. The molecule has 0 saturated carbocycles. The van der Waals surface area contributed by atoms with E-state index in [9.17, 15) is 14.7 Å². The van der Waals surface area contributed by atoms with E-state index in [1.54, 1.807) is 39.0 Å². The van der Waals surface area contributed by atoms with Crippen molar-refractivity contribution in [3.05, 3.63) is 47.0 Å². The van der Waals surface area contributed by atoms with Crippen molar-refractivity contribution in [3.8, 4) is 11.1 Å². The zero-order chi connectivity index (χ0) is 19.8. The monoisotopic (exact) mass is 404 g/mol. The summed E-state index contributed by atoms with van der Waals surface area (Å²) < 4.78 is 5.86. The third-order valence-corrected chi connectivity index (χ3v) is 4.76. The van der Waals surface area contributed by atoms with Gasteiger partial charge in [-0.2, -0.15) is 0 Å². The number of benzene rings is 2. The molecule has 2 N–H and O–H groups in total. The van der Waals surface area contributed by atoms with Crippen LogP contribution in [0.2, 0.25) is 5.02 Å². The highest BCUT2D eigenvalue weighted by atomic mass is 35.5. The Kier molecular flexibility index (Phi) is 5.08. The van der Waals surface area contributed by atoms with Crippen LogP contribution >= 0.6 is 22.9 Å². The number of thiazole rings is 1. The molecular weight excluding hydrogens is 388 g/mol. The van der Waals surface area contributed by atoms with Crippen molar-refractivity contribution in [3.63, 3.8) is 0 Å². The summed E-state index contributed by atoms with van der Waals surface area (Å²) in [6.45, 7) is 5.29. The number of aromatic nitrogens is 1. The van der Waals surface area contributed by atoms with Gasteiger partial charge < -0.3 is 9.84 Å². The van der Waals surface area contributed by atoms with Crippen LogP contribution in [0, 0.1) is 0 Å². The zero-order valence-corrected chi connectivity index (χ0v) is 16.4. The number of rotatable bonds is 3. The molecule has 0 aliphatic rings. The van der Waals surface area contributed by atoms with Crippen molar-refractivity contribution in [1.29, 1.82) is 0 Å². The highest BCUT2D eigenvalue weighted by Crippen LogP contribution is 2.38. The normalized spacial score (nSPS) is 11.4. The lowest BCUT2D eigenvalue weighted by Crippen LogP contribution is -2.27. The number of carboxylic acids is 1. The van der Waals surface area contributed by atoms with Gasteiger partial charge in [0.05, 0.1) is 15.8 Å². The first-order valence-corrected chi connectivity index (χ1v) is 9.26. The Hall–Kier alpha value is -2.64. The van der Waals surface area contributed by atoms with E-state index in [4.69, 9.17) is 16.3 Å². The average Bonchev–Trinajstić information content (AvgIpc) is 2.94. The Labute approximate surface area is 164 Å². The molecule has 0 aliphatic carbocycles. The van der Waals surface area contributed by atoms with Gasteiger partial charge in [-0.1, -0.05) is 41.1 Å². The van der Waals surface area contributed by atoms with Gasteiger partial charge in [-0.25, -0.2) is 14.6 Å². The van der Waals surface area contributed by atoms with Crippen LogP contribution in [0.1, 0.15) is 31.1 Å². The third kappa shape index (κ3) is 4.37. The van der Waals surface area contributed by atoms with Gasteiger partial charge >= 0.3 is 12.1 Å². The summed E-state index contributed by atoms with van der Waals surface area (Å²) in [6.07, 6.45) is -0.626. The molecule has 0 spiro atoms. The van der Waals surface area contributed by atoms with Crippen molar-refractivity contribution in [2.75, 3.05) is 5.32 Å². The van der Waals surface area contributed by atoms with Gasteiger partial charge in [0.25, 0.3) is 0 Å². The van der Waals surface area contributed by atoms with E-state index in [-0.39, 0.29) is 5.56 Å². The van der Waals surface area contributed by atoms with Gasteiger partial charge in [-0.15, -0.1) is 0 Å². The van der Waals surface area contributed by atoms with Gasteiger partial charge in [0, 0.05) is 16.1 Å². The number of carbonyl (C=O) groups excluding carboxylic acids is 1. The van der Waals surface area contributed by atoms with Crippen LogP contribution in [0.15, 0.2) is 36.4 Å². The first-order valence-electron chi connectivity index (χ1n) is 8.07. The minimum Gasteiger partial charge on any atom is -0.478 e. The van der Waals surface area contributed by atoms with Crippen molar-refractivity contribution in [2.24, 2.45) is 0 Å². The Morgan fingerprint density at radius 2 is 1.89 bits per heavy atom. The number of hydrogen-bond donors (Lipinski definition) is 2. The van der Waals surface area contributed by atoms with Crippen LogP contribution in [-0.4, -0.2) is 27.8 Å². The summed E-state index contributed by atoms with van der Waals surface area (Å²) in [7, 11) is 0. The number of anilines is 1. The molecule has 3 aromatic rings. The molecule has 0 aliphatic heterocycles. The summed E-state index contributed by atoms with van der Waals surface area (Å²) in [5.74, 6) is -1.06. The number of ether oxygens (including phenoxy) is 1. The van der Waals surface area contributed by atoms with Crippen LogP contribution in [0.3, 0.4) is 0 Å². The summed E-state index contributed by atoms with van der Waals surface area (Å²) in [6, 6.07) is 10.2. The third-order valence-electron chi connectivity index (χ3n) is 3.51. The van der Waals surface area contributed by atoms with E-state index in [0.29, 0.717) is 31.5 Å². The molecule has 140 valence electrons. The second kappa shape index (κ2) is 7.17. The molecule has 1 aromatic heterocycles. The van der Waals surface area contributed by atoms with Crippen molar-refractivity contribution in [1.82, 2.24) is 4.98 Å². The molecule has 0 fully saturated rings. The molecule has 0 saturated heterocycles. The molecule has 1 amide bonds. The van der Waals surface area contributed by atoms with E-state index in [1.165, 1.54) is 23.5 Å². The maximum absolute atomic E-state index is 12.0. The van der Waals surface area contributed by atoms with Crippen LogP contribution in [0.4, 0.5) is 9.93 Å². The topological polar surface area (TPSA) is 88.5 Å². The number of carboxylic acid groups (broad SMARTS) is 1. The maximum atomic E-state index is 12.0. The molecule has 0 radical (unpaired) electrons. The molecule has 3 rings (SSSR count). The molecule has 0 unspecified atom stereocenters. The number of hydrogen-bond acceptors (Lipinski definition) is 5. The molecule has 8 heteroatoms. The van der Waals surface area contributed by atoms with Crippen LogP contribution in [0.5, 0.6) is 0 Å². The van der Waals surface area contributed by atoms with Gasteiger partial charge in [0.1, 0.15) is 5.60 Å². The number of nitrogens with zero attached hydrogens (tertiary/aromatic N) is 1. The standard InChI is InChI=1S/C19H17ClN2O4S/c1-19(2,3)26-18(25)22-17-21-15-12(11-6-4-5-7-13(11)20)8-10(16(23)24)9-14(15)27-17/h4-9H,1-3H3,(H,23,24)(H,21,22,25). The molecular formula is C19H17ClN2O4S. The second-order valence-electron chi connectivity index (χ2n) is 6.80. The highest BCUT2D eigenvalue weighted by Gasteiger charge is 2.20. The average molecular weight is 405 g/mol. The smallest absolute Gasteiger partial charge is 0.413 e. The Morgan fingerprint density at radius 1 is 1.19 bits per heavy atom. The summed E-state index contributed by atoms with van der Waals surface area (Å²) in [4.78, 5) is 28.0. The van der Waals surface area contributed by atoms with Crippen molar-refractivity contribution in [2.45, 2.75) is 26.4 Å². The number of halogens is 1. The van der Waals surface area contributed by atoms with Gasteiger partial charge in [0.15, 0.2) is 5.13 Å². The van der Waals surface area contributed by atoms with Crippen molar-refractivity contribution >= 4 is 50.3 Å². The van der Waals surface area contributed by atoms with Crippen molar-refractivity contribution < 1.29 is 19.4 Å². The Morgan fingerprint density at radius 3 is 2.52 bits per heavy atom. The van der Waals surface area contributed by atoms with E-state index in [1.807, 2.05) is 6.07 Å². The number of nitrogens with one attached hydrogen (secondary N) is 1. The highest BCUT2D eigenvalue weighted by molar-refractivity contribution is 7.22. The zero-order valence-electron chi connectivity index (χ0n) is 14.9. The maximum Gasteiger partial charge on any atom is 0.413 e. The van der Waals surface area contributed by atoms with E-state index < -0.39 is 17.7 Å². The molecule has 1 heterocycles. The SMILES string of the molecule is CC(C)(C)OC(=O)Nc1nc2c(-c3ccccc3Cl)cc(C(=O)O)cc2s1. The lowest BCUT2D eigenvalue weighted by atomic mass is 10.0. The van der Waals surface area contributed by atoms with Crippen LogP contribution < -0.4 is 5.32 Å². The molecule has 6 nitrogen and oxygen atoms in total. The molecule has 2 aromatic carbocycles. The summed E-state index contributed by atoms with van der Waals surface area (Å²) >= 11 is 7.46. The Bertz CT molecular complexity index is 1040. The quantitative estimate of drug-likeness (QED) is 0.587. The number of amides is 1. The number of carbonyl (C=O) groups is 2. The minimum atomic E-state index is -1.06. The van der Waals surface area contributed by atoms with E-state index in [0.717, 1.165) is 0 Å². The Balaban J connectivity index is 2.09. The molecule has 27 heavy (non-hydrogen) atoms. The lowest BCUT2D eigenvalue weighted by molar-refractivity contribution is 0.0634. The number of fused-ring (bicyclic) bond motifs is 1. The first kappa shape index (κ1) is 19.1. The first-order chi connectivity index (χ1) is 12.6. The largest absolute Gasteiger partial charge is 0.478 e. The fourth-order valence-corrected chi connectivity index (χ4v) is 3.64. The van der Waals surface area contributed by atoms with Crippen LogP contribution in [0.25, 0.3) is 21.3 Å². The minimum absolute atomic E-state index is 0.116. The molecule has 0 atom stereocenters. The summed E-state index contributed by atoms with van der Waals surface area (Å²) in [5.41, 5.74) is 1.29. The number of aromatic carboxylic acids is 1. The fourth-order valence-electron chi connectivity index (χ4n) is 2.48. The van der Waals surface area contributed by atoms with Gasteiger partial charge in [0.2, 0.25) is 0 Å². The van der Waals surface area contributed by atoms with E-state index in [2.05, 4.69) is 10.3 Å². The predicted molar refractivity (Wildman–Crippen MR) is 107 cm³/mol. The van der Waals surface area contributed by atoms with Gasteiger partial charge in [-0.3, -0.25) is 5.32 Å². The predicted octanol–water partition coefficient (Wildman–Crippen LogP) is 5.66. The molecule has 0 bridgehead atoms.